The number of carbonyl (C=O) groups excluding carboxylic acids is 1. The molecule has 0 bridgehead atoms. The molecule has 32 heavy (non-hydrogen) atoms. The predicted octanol–water partition coefficient (Wildman–Crippen LogP) is 3.04. The molecule has 1 heterocycles. The van der Waals surface area contributed by atoms with Crippen LogP contribution in [0.3, 0.4) is 0 Å². The van der Waals surface area contributed by atoms with Gasteiger partial charge in [-0.15, -0.1) is 0 Å². The lowest BCUT2D eigenvalue weighted by Crippen LogP contribution is -2.27. The van der Waals surface area contributed by atoms with Crippen LogP contribution in [0.2, 0.25) is 0 Å². The first-order valence-corrected chi connectivity index (χ1v) is 11.2. The molecule has 0 radical (unpaired) electrons. The fourth-order valence-electron chi connectivity index (χ4n) is 2.95. The molecule has 8 nitrogen and oxygen atoms in total. The van der Waals surface area contributed by atoms with Crippen molar-refractivity contribution < 1.29 is 23.7 Å². The molecule has 0 fully saturated rings. The molecule has 178 valence electrons. The lowest BCUT2D eigenvalue weighted by atomic mass is 10.1. The van der Waals surface area contributed by atoms with Crippen LogP contribution in [0, 0.1) is 0 Å². The van der Waals surface area contributed by atoms with E-state index in [0.717, 1.165) is 5.56 Å². The van der Waals surface area contributed by atoms with Gasteiger partial charge in [0, 0.05) is 25.4 Å². The topological polar surface area (TPSA) is 83.8 Å². The molecule has 0 spiro atoms. The van der Waals surface area contributed by atoms with E-state index in [1.807, 2.05) is 35.1 Å². The van der Waals surface area contributed by atoms with Gasteiger partial charge in [-0.3, -0.25) is 9.48 Å². The van der Waals surface area contributed by atoms with Crippen LogP contribution in [0.15, 0.2) is 36.7 Å². The molecule has 2 rings (SSSR count). The van der Waals surface area contributed by atoms with E-state index >= 15 is 0 Å². The minimum atomic E-state index is -0.113. The Labute approximate surface area is 191 Å². The van der Waals surface area contributed by atoms with Crippen molar-refractivity contribution in [3.8, 4) is 0 Å². The van der Waals surface area contributed by atoms with Crippen molar-refractivity contribution in [3.05, 3.63) is 53.3 Å². The molecule has 1 unspecified atom stereocenters. The number of nitrogens with one attached hydrogen (secondary N) is 1. The smallest absolute Gasteiger partial charge is 0.251 e. The molecule has 0 saturated heterocycles. The Morgan fingerprint density at radius 1 is 0.906 bits per heavy atom. The Bertz CT molecular complexity index is 776. The highest BCUT2D eigenvalue weighted by Gasteiger charge is 2.12. The first-order valence-electron chi connectivity index (χ1n) is 11.2. The van der Waals surface area contributed by atoms with Crippen LogP contribution in [-0.2, 0) is 18.9 Å². The molecule has 1 amide bonds. The van der Waals surface area contributed by atoms with Crippen molar-refractivity contribution in [2.45, 2.75) is 32.7 Å². The molecule has 0 aliphatic heterocycles. The molecular formula is C24H37N3O5. The van der Waals surface area contributed by atoms with Gasteiger partial charge in [0.2, 0.25) is 0 Å². The second-order valence-corrected chi connectivity index (χ2v) is 7.79. The Morgan fingerprint density at radius 3 is 2.06 bits per heavy atom. The number of methoxy groups -OCH3 is 1. The van der Waals surface area contributed by atoms with Crippen LogP contribution in [0.25, 0.3) is 0 Å². The highest BCUT2D eigenvalue weighted by atomic mass is 16.6. The summed E-state index contributed by atoms with van der Waals surface area (Å²) in [5.41, 5.74) is 2.95. The maximum atomic E-state index is 12.3. The van der Waals surface area contributed by atoms with Gasteiger partial charge in [-0.25, -0.2) is 0 Å². The molecule has 1 aromatic heterocycles. The summed E-state index contributed by atoms with van der Waals surface area (Å²) in [6, 6.07) is 7.74. The summed E-state index contributed by atoms with van der Waals surface area (Å²) < 4.78 is 23.0. The summed E-state index contributed by atoms with van der Waals surface area (Å²) in [7, 11) is 1.64. The Balaban J connectivity index is 1.60. The van der Waals surface area contributed by atoms with E-state index < -0.39 is 0 Å². The molecule has 0 aliphatic rings. The standard InChI is InChI=1S/C24H37N3O5/c1-19(2)23-17-26-27(18-23)20(3)21-5-7-22(8-6-21)24(28)25-9-10-30-13-14-32-16-15-31-12-11-29-4/h5-8,17-20H,9-16H2,1-4H3,(H,25,28). The summed E-state index contributed by atoms with van der Waals surface area (Å²) in [5, 5.41) is 7.34. The monoisotopic (exact) mass is 447 g/mol. The number of nitrogens with zero attached hydrogens (tertiary/aromatic N) is 2. The van der Waals surface area contributed by atoms with Gasteiger partial charge >= 0.3 is 0 Å². The van der Waals surface area contributed by atoms with Gasteiger partial charge in [0.25, 0.3) is 5.91 Å². The first-order chi connectivity index (χ1) is 15.5. The number of benzene rings is 1. The molecule has 0 saturated carbocycles. The Kier molecular flexibility index (Phi) is 12.0. The number of amides is 1. The van der Waals surface area contributed by atoms with E-state index in [0.29, 0.717) is 64.3 Å². The van der Waals surface area contributed by atoms with Crippen LogP contribution in [0.5, 0.6) is 0 Å². The average molecular weight is 448 g/mol. The third-order valence-electron chi connectivity index (χ3n) is 5.05. The second kappa shape index (κ2) is 14.7. The number of hydrogen-bond acceptors (Lipinski definition) is 6. The van der Waals surface area contributed by atoms with E-state index in [1.54, 1.807) is 7.11 Å². The maximum Gasteiger partial charge on any atom is 0.251 e. The average Bonchev–Trinajstić information content (AvgIpc) is 3.30. The quantitative estimate of drug-likeness (QED) is 0.398. The summed E-state index contributed by atoms with van der Waals surface area (Å²) in [6.45, 7) is 10.5. The lowest BCUT2D eigenvalue weighted by molar-refractivity contribution is 0.00415. The molecule has 0 aliphatic carbocycles. The lowest BCUT2D eigenvalue weighted by Gasteiger charge is -2.13. The van der Waals surface area contributed by atoms with Crippen LogP contribution in [-0.4, -0.2) is 75.6 Å². The normalized spacial score (nSPS) is 12.3. The molecule has 2 aromatic rings. The van der Waals surface area contributed by atoms with Gasteiger partial charge in [0.1, 0.15) is 0 Å². The van der Waals surface area contributed by atoms with Crippen LogP contribution >= 0.6 is 0 Å². The van der Waals surface area contributed by atoms with Crippen LogP contribution in [0.1, 0.15) is 54.2 Å². The highest BCUT2D eigenvalue weighted by Crippen LogP contribution is 2.20. The maximum absolute atomic E-state index is 12.3. The Morgan fingerprint density at radius 2 is 1.50 bits per heavy atom. The minimum absolute atomic E-state index is 0.104. The summed E-state index contributed by atoms with van der Waals surface area (Å²) in [6.07, 6.45) is 3.99. The predicted molar refractivity (Wildman–Crippen MR) is 123 cm³/mol. The zero-order valence-electron chi connectivity index (χ0n) is 19.7. The highest BCUT2D eigenvalue weighted by molar-refractivity contribution is 5.94. The molecule has 1 aromatic carbocycles. The summed E-state index contributed by atoms with van der Waals surface area (Å²) >= 11 is 0. The zero-order chi connectivity index (χ0) is 23.2. The number of hydrogen-bond donors (Lipinski definition) is 1. The van der Waals surface area contributed by atoms with Crippen molar-refractivity contribution in [3.63, 3.8) is 0 Å². The minimum Gasteiger partial charge on any atom is -0.382 e. The SMILES string of the molecule is COCCOCCOCCOCCNC(=O)c1ccc(C(C)n2cc(C(C)C)cn2)cc1. The number of rotatable bonds is 16. The fraction of sp³-hybridized carbons (Fsp3) is 0.583. The molecule has 1 atom stereocenters. The fourth-order valence-corrected chi connectivity index (χ4v) is 2.95. The van der Waals surface area contributed by atoms with Gasteiger partial charge < -0.3 is 24.3 Å². The zero-order valence-corrected chi connectivity index (χ0v) is 19.7. The number of carbonyl (C=O) groups is 1. The van der Waals surface area contributed by atoms with Gasteiger partial charge in [0.05, 0.1) is 58.5 Å². The largest absolute Gasteiger partial charge is 0.382 e. The Hall–Kier alpha value is -2.26. The number of aromatic nitrogens is 2. The molecule has 1 N–H and O–H groups in total. The van der Waals surface area contributed by atoms with Crippen molar-refractivity contribution in [2.75, 3.05) is 59.9 Å². The number of ether oxygens (including phenoxy) is 4. The molecular weight excluding hydrogens is 410 g/mol. The summed E-state index contributed by atoms with van der Waals surface area (Å²) in [4.78, 5) is 12.3. The van der Waals surface area contributed by atoms with E-state index in [-0.39, 0.29) is 11.9 Å². The third kappa shape index (κ3) is 9.08. The molecule has 8 heteroatoms. The van der Waals surface area contributed by atoms with Crippen molar-refractivity contribution in [1.29, 1.82) is 0 Å². The van der Waals surface area contributed by atoms with E-state index in [9.17, 15) is 4.79 Å². The van der Waals surface area contributed by atoms with E-state index in [1.165, 1.54) is 5.56 Å². The van der Waals surface area contributed by atoms with E-state index in [4.69, 9.17) is 18.9 Å². The van der Waals surface area contributed by atoms with Crippen LogP contribution < -0.4 is 5.32 Å². The van der Waals surface area contributed by atoms with Gasteiger partial charge in [0.15, 0.2) is 0 Å². The van der Waals surface area contributed by atoms with Crippen molar-refractivity contribution in [1.82, 2.24) is 15.1 Å². The van der Waals surface area contributed by atoms with E-state index in [2.05, 4.69) is 37.4 Å². The van der Waals surface area contributed by atoms with Gasteiger partial charge in [-0.2, -0.15) is 5.10 Å². The van der Waals surface area contributed by atoms with Gasteiger partial charge in [-0.05, 0) is 36.1 Å². The van der Waals surface area contributed by atoms with Crippen molar-refractivity contribution >= 4 is 5.91 Å². The van der Waals surface area contributed by atoms with Crippen LogP contribution in [0.4, 0.5) is 0 Å². The van der Waals surface area contributed by atoms with Gasteiger partial charge in [-0.1, -0.05) is 26.0 Å². The first kappa shape index (κ1) is 26.0. The van der Waals surface area contributed by atoms with Crippen molar-refractivity contribution in [2.24, 2.45) is 0 Å². The second-order valence-electron chi connectivity index (χ2n) is 7.79. The summed E-state index contributed by atoms with van der Waals surface area (Å²) in [5.74, 6) is 0.336. The third-order valence-corrected chi connectivity index (χ3v) is 5.05.